The molecule has 1 fully saturated rings. The highest BCUT2D eigenvalue weighted by Gasteiger charge is 2.27. The van der Waals surface area contributed by atoms with E-state index in [-0.39, 0.29) is 22.3 Å². The molecule has 2 N–H and O–H groups in total. The minimum Gasteiger partial charge on any atom is -0.455 e. The largest absolute Gasteiger partial charge is 0.455 e. The molecule has 0 spiro atoms. The first kappa shape index (κ1) is 16.0. The molecule has 7 nitrogen and oxygen atoms in total. The van der Waals surface area contributed by atoms with Gasteiger partial charge in [0.05, 0.1) is 0 Å². The number of methoxy groups -OCH3 is 1. The molecule has 1 aromatic heterocycles. The van der Waals surface area contributed by atoms with Crippen LogP contribution in [0.4, 0.5) is 0 Å². The van der Waals surface area contributed by atoms with Gasteiger partial charge in [-0.25, -0.2) is 13.6 Å². The van der Waals surface area contributed by atoms with E-state index in [4.69, 9.17) is 14.3 Å². The van der Waals surface area contributed by atoms with Crippen LogP contribution in [-0.4, -0.2) is 46.0 Å². The van der Waals surface area contributed by atoms with Crippen molar-refractivity contribution in [1.82, 2.24) is 4.90 Å². The van der Waals surface area contributed by atoms with Crippen molar-refractivity contribution in [3.63, 3.8) is 0 Å². The Morgan fingerprint density at radius 1 is 1.48 bits per heavy atom. The first-order chi connectivity index (χ1) is 9.82. The highest BCUT2D eigenvalue weighted by Crippen LogP contribution is 2.23. The van der Waals surface area contributed by atoms with Gasteiger partial charge in [-0.05, 0) is 25.7 Å². The molecule has 2 heterocycles. The van der Waals surface area contributed by atoms with Crippen LogP contribution in [0.5, 0.6) is 0 Å². The summed E-state index contributed by atoms with van der Waals surface area (Å²) >= 11 is 0. The van der Waals surface area contributed by atoms with Gasteiger partial charge in [-0.15, -0.1) is 0 Å². The zero-order valence-corrected chi connectivity index (χ0v) is 13.0. The number of carbonyl (C=O) groups is 1. The number of hydrogen-bond acceptors (Lipinski definition) is 5. The van der Waals surface area contributed by atoms with Crippen LogP contribution in [0.3, 0.4) is 0 Å². The summed E-state index contributed by atoms with van der Waals surface area (Å²) in [6, 6.07) is 1.20. The van der Waals surface area contributed by atoms with Crippen LogP contribution in [0.15, 0.2) is 15.4 Å². The molecule has 0 aliphatic carbocycles. The van der Waals surface area contributed by atoms with Crippen molar-refractivity contribution in [2.24, 2.45) is 11.1 Å². The van der Waals surface area contributed by atoms with Gasteiger partial charge in [0.15, 0.2) is 5.76 Å². The van der Waals surface area contributed by atoms with E-state index in [1.165, 1.54) is 13.0 Å². The van der Waals surface area contributed by atoms with Gasteiger partial charge in [-0.1, -0.05) is 0 Å². The van der Waals surface area contributed by atoms with Gasteiger partial charge in [0.25, 0.3) is 5.91 Å². The molecule has 0 atom stereocenters. The predicted octanol–water partition coefficient (Wildman–Crippen LogP) is 0.734. The summed E-state index contributed by atoms with van der Waals surface area (Å²) < 4.78 is 33.1. The maximum absolute atomic E-state index is 12.3. The van der Waals surface area contributed by atoms with Gasteiger partial charge in [0, 0.05) is 32.9 Å². The average molecular weight is 316 g/mol. The Labute approximate surface area is 124 Å². The topological polar surface area (TPSA) is 103 Å². The van der Waals surface area contributed by atoms with E-state index in [0.717, 1.165) is 12.8 Å². The Bertz CT molecular complexity index is 615. The van der Waals surface area contributed by atoms with Crippen LogP contribution >= 0.6 is 0 Å². The quantitative estimate of drug-likeness (QED) is 0.882. The fraction of sp³-hybridized carbons (Fsp3) is 0.615. The van der Waals surface area contributed by atoms with Crippen molar-refractivity contribution in [3.05, 3.63) is 17.6 Å². The second kappa shape index (κ2) is 6.17. The van der Waals surface area contributed by atoms with Crippen LogP contribution in [0.25, 0.3) is 0 Å². The number of hydrogen-bond donors (Lipinski definition) is 1. The SMILES string of the molecule is COCC1CCN(C(=O)c2cc(S(N)(=O)=O)c(C)o2)CC1. The van der Waals surface area contributed by atoms with Gasteiger partial charge >= 0.3 is 0 Å². The number of carbonyl (C=O) groups excluding carboxylic acids is 1. The Morgan fingerprint density at radius 2 is 2.10 bits per heavy atom. The predicted molar refractivity (Wildman–Crippen MR) is 75.3 cm³/mol. The lowest BCUT2D eigenvalue weighted by molar-refractivity contribution is 0.0584. The standard InChI is InChI=1S/C13H20N2O5S/c1-9-12(21(14,17)18)7-11(20-9)13(16)15-5-3-10(4-6-15)8-19-2/h7,10H,3-6,8H2,1-2H3,(H2,14,17,18). The van der Waals surface area contributed by atoms with Crippen molar-refractivity contribution >= 4 is 15.9 Å². The highest BCUT2D eigenvalue weighted by atomic mass is 32.2. The molecular weight excluding hydrogens is 296 g/mol. The molecule has 1 amide bonds. The Kier molecular flexibility index (Phi) is 4.70. The molecule has 1 aromatic rings. The van der Waals surface area contributed by atoms with E-state index in [1.807, 2.05) is 0 Å². The van der Waals surface area contributed by atoms with Crippen LogP contribution < -0.4 is 5.14 Å². The summed E-state index contributed by atoms with van der Waals surface area (Å²) in [5.41, 5.74) is 0. The van der Waals surface area contributed by atoms with E-state index in [9.17, 15) is 13.2 Å². The maximum Gasteiger partial charge on any atom is 0.289 e. The van der Waals surface area contributed by atoms with Crippen molar-refractivity contribution in [2.75, 3.05) is 26.8 Å². The molecule has 118 valence electrons. The second-order valence-electron chi connectivity index (χ2n) is 5.27. The first-order valence-corrected chi connectivity index (χ1v) is 8.29. The summed E-state index contributed by atoms with van der Waals surface area (Å²) in [6.07, 6.45) is 1.72. The van der Waals surface area contributed by atoms with E-state index in [1.54, 1.807) is 12.0 Å². The van der Waals surface area contributed by atoms with Crippen molar-refractivity contribution in [1.29, 1.82) is 0 Å². The minimum atomic E-state index is -3.87. The van der Waals surface area contributed by atoms with Crippen molar-refractivity contribution in [2.45, 2.75) is 24.7 Å². The van der Waals surface area contributed by atoms with Gasteiger partial charge in [-0.3, -0.25) is 4.79 Å². The van der Waals surface area contributed by atoms with Crippen LogP contribution in [0.2, 0.25) is 0 Å². The van der Waals surface area contributed by atoms with Crippen LogP contribution in [0.1, 0.15) is 29.2 Å². The number of ether oxygens (including phenoxy) is 1. The third-order valence-electron chi connectivity index (χ3n) is 3.69. The lowest BCUT2D eigenvalue weighted by atomic mass is 9.98. The lowest BCUT2D eigenvalue weighted by Gasteiger charge is -2.31. The number of nitrogens with zero attached hydrogens (tertiary/aromatic N) is 1. The summed E-state index contributed by atoms with van der Waals surface area (Å²) in [6.45, 7) is 3.38. The Balaban J connectivity index is 2.08. The smallest absolute Gasteiger partial charge is 0.289 e. The number of sulfonamides is 1. The number of furan rings is 1. The van der Waals surface area contributed by atoms with Gasteiger partial charge in [-0.2, -0.15) is 0 Å². The monoisotopic (exact) mass is 316 g/mol. The highest BCUT2D eigenvalue weighted by molar-refractivity contribution is 7.89. The third kappa shape index (κ3) is 3.63. The van der Waals surface area contributed by atoms with Crippen LogP contribution in [-0.2, 0) is 14.8 Å². The average Bonchev–Trinajstić information content (AvgIpc) is 2.81. The molecule has 8 heteroatoms. The molecule has 0 saturated carbocycles. The van der Waals surface area contributed by atoms with Gasteiger partial charge < -0.3 is 14.1 Å². The first-order valence-electron chi connectivity index (χ1n) is 6.74. The van der Waals surface area contributed by atoms with Crippen LogP contribution in [0, 0.1) is 12.8 Å². The fourth-order valence-electron chi connectivity index (χ4n) is 2.55. The number of amides is 1. The number of piperidine rings is 1. The Morgan fingerprint density at radius 3 is 2.57 bits per heavy atom. The summed E-state index contributed by atoms with van der Waals surface area (Å²) in [7, 11) is -2.21. The maximum atomic E-state index is 12.3. The fourth-order valence-corrected chi connectivity index (χ4v) is 3.26. The number of rotatable bonds is 4. The number of primary sulfonamides is 1. The molecule has 0 unspecified atom stereocenters. The molecule has 0 radical (unpaired) electrons. The summed E-state index contributed by atoms with van der Waals surface area (Å²) in [5, 5.41) is 5.07. The van der Waals surface area contributed by atoms with E-state index in [2.05, 4.69) is 0 Å². The molecule has 0 bridgehead atoms. The molecule has 0 aromatic carbocycles. The number of nitrogens with two attached hydrogens (primary N) is 1. The third-order valence-corrected chi connectivity index (χ3v) is 4.71. The van der Waals surface area contributed by atoms with Crippen molar-refractivity contribution < 1.29 is 22.4 Å². The molecular formula is C13H20N2O5S. The van der Waals surface area contributed by atoms with Gasteiger partial charge in [0.2, 0.25) is 10.0 Å². The second-order valence-corrected chi connectivity index (χ2v) is 6.80. The zero-order chi connectivity index (χ0) is 15.6. The van der Waals surface area contributed by atoms with Gasteiger partial charge in [0.1, 0.15) is 10.7 Å². The normalized spacial score (nSPS) is 17.2. The summed E-state index contributed by atoms with van der Waals surface area (Å²) in [5.74, 6) is 0.304. The van der Waals surface area contributed by atoms with E-state index < -0.39 is 10.0 Å². The molecule has 1 saturated heterocycles. The molecule has 21 heavy (non-hydrogen) atoms. The summed E-state index contributed by atoms with van der Waals surface area (Å²) in [4.78, 5) is 13.8. The Hall–Kier alpha value is -1.38. The molecule has 1 aliphatic heterocycles. The molecule has 1 aliphatic rings. The minimum absolute atomic E-state index is 0.0155. The number of likely N-dealkylation sites (tertiary alicyclic amines) is 1. The number of aryl methyl sites for hydroxylation is 1. The van der Waals surface area contributed by atoms with E-state index >= 15 is 0 Å². The lowest BCUT2D eigenvalue weighted by Crippen LogP contribution is -2.39. The zero-order valence-electron chi connectivity index (χ0n) is 12.2. The van der Waals surface area contributed by atoms with E-state index in [0.29, 0.717) is 25.6 Å². The van der Waals surface area contributed by atoms with Crippen molar-refractivity contribution in [3.8, 4) is 0 Å². The molecule has 2 rings (SSSR count).